The topological polar surface area (TPSA) is 74.7 Å². The van der Waals surface area contributed by atoms with E-state index in [1.54, 1.807) is 6.08 Å². The van der Waals surface area contributed by atoms with E-state index in [1.807, 2.05) is 0 Å². The van der Waals surface area contributed by atoms with Gasteiger partial charge in [0.15, 0.2) is 5.75 Å². The Morgan fingerprint density at radius 2 is 2.14 bits per heavy atom. The van der Waals surface area contributed by atoms with Crippen molar-refractivity contribution in [3.63, 3.8) is 0 Å². The highest BCUT2D eigenvalue weighted by Gasteiger charge is 2.20. The quantitative estimate of drug-likeness (QED) is 0.495. The molecule has 0 aliphatic heterocycles. The number of carboxylic acid groups (broad SMARTS) is 1. The minimum Gasteiger partial charge on any atom is -0.480 e. The number of carbonyl (C=O) groups is 1. The van der Waals surface area contributed by atoms with Crippen LogP contribution in [0.4, 0.5) is 0 Å². The molecule has 0 rings (SSSR count). The van der Waals surface area contributed by atoms with Gasteiger partial charge in [-0.05, 0) is 12.8 Å². The van der Waals surface area contributed by atoms with E-state index in [4.69, 9.17) is 5.11 Å². The van der Waals surface area contributed by atoms with Crippen LogP contribution in [0.15, 0.2) is 12.7 Å². The molecule has 5 nitrogen and oxygen atoms in total. The lowest BCUT2D eigenvalue weighted by Gasteiger charge is -2.14. The van der Waals surface area contributed by atoms with Gasteiger partial charge in [-0.1, -0.05) is 6.08 Å². The van der Waals surface area contributed by atoms with E-state index in [1.165, 1.54) is 7.05 Å². The first-order valence-electron chi connectivity index (χ1n) is 4.17. The van der Waals surface area contributed by atoms with Gasteiger partial charge in [0.1, 0.15) is 0 Å². The fraction of sp³-hybridized carbons (Fsp3) is 0.625. The van der Waals surface area contributed by atoms with E-state index in [-0.39, 0.29) is 0 Å². The number of carboxylic acids is 1. The normalized spacial score (nSPS) is 11.6. The number of allylic oxidation sites excluding steroid dienone is 1. The number of aliphatic carboxylic acids is 1. The zero-order chi connectivity index (χ0) is 11.2. The first-order valence-corrected chi connectivity index (χ1v) is 5.77. The first kappa shape index (κ1) is 13.1. The Kier molecular flexibility index (Phi) is 5.40. The number of hydrogen-bond donors (Lipinski definition) is 1. The highest BCUT2D eigenvalue weighted by atomic mass is 32.2. The van der Waals surface area contributed by atoms with Gasteiger partial charge in [0.25, 0.3) is 0 Å². The lowest BCUT2D eigenvalue weighted by atomic mass is 10.3. The van der Waals surface area contributed by atoms with Crippen molar-refractivity contribution in [2.24, 2.45) is 0 Å². The van der Waals surface area contributed by atoms with Crippen LogP contribution in [-0.4, -0.2) is 43.1 Å². The van der Waals surface area contributed by atoms with Gasteiger partial charge in [-0.3, -0.25) is 4.79 Å². The largest absolute Gasteiger partial charge is 0.480 e. The molecular formula is C8H15NO4S. The molecule has 0 saturated heterocycles. The lowest BCUT2D eigenvalue weighted by Crippen LogP contribution is -2.32. The average molecular weight is 221 g/mol. The summed E-state index contributed by atoms with van der Waals surface area (Å²) in [5.74, 6) is -2.18. The van der Waals surface area contributed by atoms with Crippen LogP contribution < -0.4 is 0 Å². The molecule has 0 aromatic rings. The Labute approximate surface area is 84.1 Å². The Morgan fingerprint density at radius 3 is 2.57 bits per heavy atom. The van der Waals surface area contributed by atoms with Crippen LogP contribution in [-0.2, 0) is 14.8 Å². The molecule has 82 valence electrons. The van der Waals surface area contributed by atoms with Gasteiger partial charge >= 0.3 is 5.97 Å². The number of sulfonamides is 1. The molecule has 0 aromatic carbocycles. The lowest BCUT2D eigenvalue weighted by molar-refractivity contribution is -0.134. The predicted molar refractivity (Wildman–Crippen MR) is 53.5 cm³/mol. The molecule has 0 amide bonds. The minimum absolute atomic E-state index is 0.321. The number of hydrogen-bond acceptors (Lipinski definition) is 3. The maximum Gasteiger partial charge on any atom is 0.320 e. The van der Waals surface area contributed by atoms with Crippen molar-refractivity contribution in [2.75, 3.05) is 19.3 Å². The minimum atomic E-state index is -3.64. The monoisotopic (exact) mass is 221 g/mol. The van der Waals surface area contributed by atoms with Crippen LogP contribution in [0, 0.1) is 0 Å². The average Bonchev–Trinajstić information content (AvgIpc) is 2.02. The molecule has 6 heteroatoms. The van der Waals surface area contributed by atoms with Crippen molar-refractivity contribution in [3.05, 3.63) is 12.7 Å². The third kappa shape index (κ3) is 4.98. The Morgan fingerprint density at radius 1 is 1.57 bits per heavy atom. The van der Waals surface area contributed by atoms with Gasteiger partial charge in [0, 0.05) is 13.6 Å². The zero-order valence-corrected chi connectivity index (χ0v) is 8.96. The molecule has 1 N–H and O–H groups in total. The highest BCUT2D eigenvalue weighted by Crippen LogP contribution is 2.01. The maximum atomic E-state index is 11.3. The number of nitrogens with zero attached hydrogens (tertiary/aromatic N) is 1. The summed E-state index contributed by atoms with van der Waals surface area (Å²) in [6.45, 7) is 3.83. The van der Waals surface area contributed by atoms with Gasteiger partial charge < -0.3 is 5.11 Å². The van der Waals surface area contributed by atoms with Gasteiger partial charge in [0.2, 0.25) is 10.0 Å². The summed E-state index contributed by atoms with van der Waals surface area (Å²) in [7, 11) is -2.26. The molecule has 0 unspecified atom stereocenters. The number of unbranched alkanes of at least 4 members (excludes halogenated alkanes) is 1. The molecule has 0 atom stereocenters. The smallest absolute Gasteiger partial charge is 0.320 e. The summed E-state index contributed by atoms with van der Waals surface area (Å²) < 4.78 is 23.6. The Balaban J connectivity index is 4.14. The molecule has 0 saturated carbocycles. The van der Waals surface area contributed by atoms with E-state index >= 15 is 0 Å². The summed E-state index contributed by atoms with van der Waals surface area (Å²) >= 11 is 0. The van der Waals surface area contributed by atoms with Crippen LogP contribution in [0.25, 0.3) is 0 Å². The highest BCUT2D eigenvalue weighted by molar-refractivity contribution is 7.89. The first-order chi connectivity index (χ1) is 6.40. The Bertz CT molecular complexity index is 296. The molecule has 14 heavy (non-hydrogen) atoms. The van der Waals surface area contributed by atoms with E-state index < -0.39 is 21.7 Å². The third-order valence-corrected chi connectivity index (χ3v) is 3.41. The van der Waals surface area contributed by atoms with Crippen molar-refractivity contribution in [2.45, 2.75) is 12.8 Å². The van der Waals surface area contributed by atoms with Gasteiger partial charge in [-0.15, -0.1) is 6.58 Å². The molecule has 0 aliphatic rings. The van der Waals surface area contributed by atoms with E-state index in [0.717, 1.165) is 4.31 Å². The van der Waals surface area contributed by atoms with Crippen molar-refractivity contribution in [1.82, 2.24) is 4.31 Å². The fourth-order valence-electron chi connectivity index (χ4n) is 0.864. The summed E-state index contributed by atoms with van der Waals surface area (Å²) in [6.07, 6.45) is 3.06. The third-order valence-electron chi connectivity index (χ3n) is 1.66. The van der Waals surface area contributed by atoms with Crippen molar-refractivity contribution >= 4 is 16.0 Å². The standard InChI is InChI=1S/C8H15NO4S/c1-3-4-5-6-9(2)14(12,13)7-8(10)11/h3H,1,4-7H2,2H3,(H,10,11). The van der Waals surface area contributed by atoms with E-state index in [0.29, 0.717) is 19.4 Å². The predicted octanol–water partition coefficient (Wildman–Crippen LogP) is 0.299. The van der Waals surface area contributed by atoms with Gasteiger partial charge in [-0.2, -0.15) is 0 Å². The second-order valence-electron chi connectivity index (χ2n) is 2.90. The molecule has 0 spiro atoms. The zero-order valence-electron chi connectivity index (χ0n) is 8.14. The fourth-order valence-corrected chi connectivity index (χ4v) is 1.80. The molecule has 0 bridgehead atoms. The summed E-state index contributed by atoms with van der Waals surface area (Å²) in [4.78, 5) is 10.2. The molecule has 0 heterocycles. The van der Waals surface area contributed by atoms with Crippen LogP contribution in [0.3, 0.4) is 0 Å². The summed E-state index contributed by atoms with van der Waals surface area (Å²) in [5, 5.41) is 8.35. The second-order valence-corrected chi connectivity index (χ2v) is 4.98. The SMILES string of the molecule is C=CCCCN(C)S(=O)(=O)CC(=O)O. The number of rotatable bonds is 7. The Hall–Kier alpha value is -0.880. The maximum absolute atomic E-state index is 11.3. The van der Waals surface area contributed by atoms with Crippen LogP contribution >= 0.6 is 0 Å². The van der Waals surface area contributed by atoms with E-state index in [9.17, 15) is 13.2 Å². The molecule has 0 aromatic heterocycles. The van der Waals surface area contributed by atoms with Crippen molar-refractivity contribution in [1.29, 1.82) is 0 Å². The molecule has 0 aliphatic carbocycles. The van der Waals surface area contributed by atoms with Crippen LogP contribution in [0.2, 0.25) is 0 Å². The molecular weight excluding hydrogens is 206 g/mol. The summed E-state index contributed by atoms with van der Waals surface area (Å²) in [6, 6.07) is 0. The van der Waals surface area contributed by atoms with Gasteiger partial charge in [-0.25, -0.2) is 12.7 Å². The molecule has 0 radical (unpaired) electrons. The molecule has 0 fully saturated rings. The second kappa shape index (κ2) is 5.77. The van der Waals surface area contributed by atoms with E-state index in [2.05, 4.69) is 6.58 Å². The van der Waals surface area contributed by atoms with Crippen molar-refractivity contribution < 1.29 is 18.3 Å². The van der Waals surface area contributed by atoms with Crippen molar-refractivity contribution in [3.8, 4) is 0 Å². The van der Waals surface area contributed by atoms with Crippen LogP contribution in [0.5, 0.6) is 0 Å². The van der Waals surface area contributed by atoms with Crippen LogP contribution in [0.1, 0.15) is 12.8 Å². The van der Waals surface area contributed by atoms with Gasteiger partial charge in [0.05, 0.1) is 0 Å². The summed E-state index contributed by atoms with van der Waals surface area (Å²) in [5.41, 5.74) is 0.